The molecule has 140 valence electrons. The van der Waals surface area contributed by atoms with Crippen LogP contribution in [0.5, 0.6) is 0 Å². The highest BCUT2D eigenvalue weighted by Gasteiger charge is 2.11. The Balaban J connectivity index is 1.41. The molecule has 1 amide bonds. The number of fused-ring (bicyclic) bond motifs is 1. The number of nitrogens with one attached hydrogen (secondary N) is 2. The smallest absolute Gasteiger partial charge is 0.251 e. The van der Waals surface area contributed by atoms with Crippen molar-refractivity contribution in [1.82, 2.24) is 25.1 Å². The Hall–Kier alpha value is -3.26. The minimum atomic E-state index is -0.112. The zero-order valence-electron chi connectivity index (χ0n) is 14.8. The summed E-state index contributed by atoms with van der Waals surface area (Å²) < 4.78 is 2.71. The Morgan fingerprint density at radius 3 is 2.57 bits per heavy atom. The predicted molar refractivity (Wildman–Crippen MR) is 112 cm³/mol. The number of aromatic nitrogens is 4. The molecular weight excluding hydrogens is 420 g/mol. The standard InChI is InChI=1S/C20H17BrN6O/c21-15-8-6-14(7-9-15)20(28)23-11-10-22-18-17-12-26-27(19(17)25-13-24-18)16-4-2-1-3-5-16/h1-9,12-13H,10-11H2,(H,23,28)(H,22,24,25). The van der Waals surface area contributed by atoms with Gasteiger partial charge >= 0.3 is 0 Å². The number of carbonyl (C=O) groups is 1. The summed E-state index contributed by atoms with van der Waals surface area (Å²) in [7, 11) is 0. The average molecular weight is 437 g/mol. The number of amides is 1. The second-order valence-corrected chi connectivity index (χ2v) is 6.96. The van der Waals surface area contributed by atoms with Crippen LogP contribution in [0.3, 0.4) is 0 Å². The van der Waals surface area contributed by atoms with E-state index in [0.29, 0.717) is 24.5 Å². The summed E-state index contributed by atoms with van der Waals surface area (Å²) >= 11 is 3.36. The maximum absolute atomic E-state index is 12.1. The van der Waals surface area contributed by atoms with Crippen LogP contribution in [0.15, 0.2) is 71.6 Å². The van der Waals surface area contributed by atoms with E-state index in [9.17, 15) is 4.79 Å². The summed E-state index contributed by atoms with van der Waals surface area (Å²) in [6.45, 7) is 0.998. The number of rotatable bonds is 6. The molecule has 2 N–H and O–H groups in total. The van der Waals surface area contributed by atoms with Gasteiger partial charge in [0.05, 0.1) is 17.3 Å². The third-order valence-corrected chi connectivity index (χ3v) is 4.70. The van der Waals surface area contributed by atoms with Crippen molar-refractivity contribution in [2.24, 2.45) is 0 Å². The summed E-state index contributed by atoms with van der Waals surface area (Å²) in [4.78, 5) is 20.8. The van der Waals surface area contributed by atoms with Gasteiger partial charge in [-0.1, -0.05) is 34.1 Å². The van der Waals surface area contributed by atoms with Crippen molar-refractivity contribution < 1.29 is 4.79 Å². The molecule has 8 heteroatoms. The summed E-state index contributed by atoms with van der Waals surface area (Å²) in [5.74, 6) is 0.573. The first-order valence-corrected chi connectivity index (χ1v) is 9.53. The van der Waals surface area contributed by atoms with Crippen LogP contribution < -0.4 is 10.6 Å². The average Bonchev–Trinajstić information content (AvgIpc) is 3.17. The third-order valence-electron chi connectivity index (χ3n) is 4.18. The maximum Gasteiger partial charge on any atom is 0.251 e. The van der Waals surface area contributed by atoms with E-state index in [1.54, 1.807) is 23.0 Å². The number of hydrogen-bond donors (Lipinski definition) is 2. The molecule has 0 aliphatic carbocycles. The van der Waals surface area contributed by atoms with Gasteiger partial charge in [-0.2, -0.15) is 5.10 Å². The van der Waals surface area contributed by atoms with Crippen LogP contribution in [0.2, 0.25) is 0 Å². The number of benzene rings is 2. The highest BCUT2D eigenvalue weighted by atomic mass is 79.9. The monoisotopic (exact) mass is 436 g/mol. The lowest BCUT2D eigenvalue weighted by Crippen LogP contribution is -2.28. The van der Waals surface area contributed by atoms with Crippen molar-refractivity contribution in [2.45, 2.75) is 0 Å². The van der Waals surface area contributed by atoms with E-state index in [-0.39, 0.29) is 5.91 Å². The summed E-state index contributed by atoms with van der Waals surface area (Å²) in [6, 6.07) is 17.1. The van der Waals surface area contributed by atoms with Gasteiger partial charge in [0.15, 0.2) is 5.65 Å². The number of para-hydroxylation sites is 1. The molecule has 2 heterocycles. The molecule has 7 nitrogen and oxygen atoms in total. The predicted octanol–water partition coefficient (Wildman–Crippen LogP) is 3.42. The Morgan fingerprint density at radius 1 is 1.00 bits per heavy atom. The zero-order chi connectivity index (χ0) is 19.3. The van der Waals surface area contributed by atoms with Crippen molar-refractivity contribution in [2.75, 3.05) is 18.4 Å². The molecular formula is C20H17BrN6O. The first-order chi connectivity index (χ1) is 13.7. The molecule has 0 radical (unpaired) electrons. The van der Waals surface area contributed by atoms with Gasteiger partial charge in [0, 0.05) is 23.1 Å². The molecule has 0 aliphatic rings. The quantitative estimate of drug-likeness (QED) is 0.452. The first kappa shape index (κ1) is 18.1. The minimum Gasteiger partial charge on any atom is -0.368 e. The van der Waals surface area contributed by atoms with Crippen LogP contribution in [0.1, 0.15) is 10.4 Å². The number of anilines is 1. The van der Waals surface area contributed by atoms with Gasteiger partial charge in [-0.3, -0.25) is 4.79 Å². The summed E-state index contributed by atoms with van der Waals surface area (Å²) in [6.07, 6.45) is 3.25. The fourth-order valence-electron chi connectivity index (χ4n) is 2.80. The van der Waals surface area contributed by atoms with E-state index < -0.39 is 0 Å². The van der Waals surface area contributed by atoms with Crippen molar-refractivity contribution in [3.63, 3.8) is 0 Å². The van der Waals surface area contributed by atoms with E-state index in [2.05, 4.69) is 41.6 Å². The molecule has 0 atom stereocenters. The number of halogens is 1. The van der Waals surface area contributed by atoms with Crippen LogP contribution in [-0.2, 0) is 0 Å². The number of nitrogens with zero attached hydrogens (tertiary/aromatic N) is 4. The first-order valence-electron chi connectivity index (χ1n) is 8.74. The van der Waals surface area contributed by atoms with Crippen LogP contribution in [0.4, 0.5) is 5.82 Å². The molecule has 28 heavy (non-hydrogen) atoms. The van der Waals surface area contributed by atoms with Gasteiger partial charge in [0.25, 0.3) is 5.91 Å². The Bertz CT molecular complexity index is 1090. The molecule has 0 aliphatic heterocycles. The van der Waals surface area contributed by atoms with Crippen molar-refractivity contribution in [3.8, 4) is 5.69 Å². The van der Waals surface area contributed by atoms with Gasteiger partial charge in [-0.25, -0.2) is 14.6 Å². The molecule has 2 aromatic carbocycles. The van der Waals surface area contributed by atoms with Crippen LogP contribution in [0, 0.1) is 0 Å². The van der Waals surface area contributed by atoms with E-state index in [4.69, 9.17) is 0 Å². The van der Waals surface area contributed by atoms with Gasteiger partial charge in [0.1, 0.15) is 12.1 Å². The molecule has 4 rings (SSSR count). The van der Waals surface area contributed by atoms with E-state index in [1.165, 1.54) is 6.33 Å². The lowest BCUT2D eigenvalue weighted by atomic mass is 10.2. The Labute approximate surface area is 169 Å². The van der Waals surface area contributed by atoms with Crippen LogP contribution in [-0.4, -0.2) is 38.7 Å². The maximum atomic E-state index is 12.1. The Morgan fingerprint density at radius 2 is 1.79 bits per heavy atom. The molecule has 4 aromatic rings. The molecule has 0 fully saturated rings. The fourth-order valence-corrected chi connectivity index (χ4v) is 3.07. The molecule has 0 unspecified atom stereocenters. The Kier molecular flexibility index (Phi) is 5.29. The van der Waals surface area contributed by atoms with Gasteiger partial charge < -0.3 is 10.6 Å². The van der Waals surface area contributed by atoms with Crippen LogP contribution >= 0.6 is 15.9 Å². The fraction of sp³-hybridized carbons (Fsp3) is 0.100. The summed E-state index contributed by atoms with van der Waals surface area (Å²) in [5, 5.41) is 11.4. The SMILES string of the molecule is O=C(NCCNc1ncnc2c1cnn2-c1ccccc1)c1ccc(Br)cc1. The van der Waals surface area contributed by atoms with Crippen molar-refractivity contribution in [3.05, 3.63) is 77.2 Å². The van der Waals surface area contributed by atoms with Crippen molar-refractivity contribution >= 4 is 38.7 Å². The minimum absolute atomic E-state index is 0.112. The lowest BCUT2D eigenvalue weighted by molar-refractivity contribution is 0.0955. The van der Waals surface area contributed by atoms with Crippen molar-refractivity contribution in [1.29, 1.82) is 0 Å². The van der Waals surface area contributed by atoms with E-state index in [1.807, 2.05) is 42.5 Å². The highest BCUT2D eigenvalue weighted by Crippen LogP contribution is 2.21. The normalized spacial score (nSPS) is 10.8. The zero-order valence-corrected chi connectivity index (χ0v) is 16.4. The molecule has 0 saturated heterocycles. The largest absolute Gasteiger partial charge is 0.368 e. The third kappa shape index (κ3) is 3.86. The number of hydrogen-bond acceptors (Lipinski definition) is 5. The van der Waals surface area contributed by atoms with Crippen LogP contribution in [0.25, 0.3) is 16.7 Å². The molecule has 0 spiro atoms. The van der Waals surface area contributed by atoms with Gasteiger partial charge in [-0.15, -0.1) is 0 Å². The van der Waals surface area contributed by atoms with E-state index in [0.717, 1.165) is 21.2 Å². The molecule has 0 saturated carbocycles. The second kappa shape index (κ2) is 8.18. The highest BCUT2D eigenvalue weighted by molar-refractivity contribution is 9.10. The van der Waals surface area contributed by atoms with E-state index >= 15 is 0 Å². The molecule has 2 aromatic heterocycles. The van der Waals surface area contributed by atoms with Gasteiger partial charge in [-0.05, 0) is 36.4 Å². The molecule has 0 bridgehead atoms. The second-order valence-electron chi connectivity index (χ2n) is 6.04. The lowest BCUT2D eigenvalue weighted by Gasteiger charge is -2.08. The number of carbonyl (C=O) groups excluding carboxylic acids is 1. The van der Waals surface area contributed by atoms with Gasteiger partial charge in [0.2, 0.25) is 0 Å². The topological polar surface area (TPSA) is 84.7 Å². The summed E-state index contributed by atoms with van der Waals surface area (Å²) in [5.41, 5.74) is 2.28.